The molecule has 0 aliphatic carbocycles. The second-order valence-electron chi connectivity index (χ2n) is 3.25. The summed E-state index contributed by atoms with van der Waals surface area (Å²) in [7, 11) is 0. The molecule has 0 aliphatic rings. The molecule has 1 N–H and O–H groups in total. The molecule has 2 heterocycles. The molecule has 20 heavy (non-hydrogen) atoms. The van der Waals surface area contributed by atoms with E-state index in [0.29, 0.717) is 5.13 Å². The van der Waals surface area contributed by atoms with Crippen LogP contribution >= 0.6 is 61.0 Å². The molecule has 0 aliphatic heterocycles. The Balaban J connectivity index is 2.43. The Bertz CT molecular complexity index is 625. The summed E-state index contributed by atoms with van der Waals surface area (Å²) in [5, 5.41) is 4.56. The van der Waals surface area contributed by atoms with Crippen LogP contribution in [-0.4, -0.2) is 34.5 Å². The highest BCUT2D eigenvalue weighted by Crippen LogP contribution is 2.23. The van der Waals surface area contributed by atoms with Gasteiger partial charge in [0.15, 0.2) is 14.5 Å². The molecule has 11 heteroatoms. The lowest BCUT2D eigenvalue weighted by Gasteiger charge is -2.30. The van der Waals surface area contributed by atoms with Gasteiger partial charge in [0, 0.05) is 24.0 Å². The van der Waals surface area contributed by atoms with Crippen molar-refractivity contribution in [2.45, 2.75) is 0 Å². The van der Waals surface area contributed by atoms with Crippen LogP contribution < -0.4 is 5.01 Å². The summed E-state index contributed by atoms with van der Waals surface area (Å²) in [5.74, 6) is -0.408. The van der Waals surface area contributed by atoms with Gasteiger partial charge in [0.1, 0.15) is 0 Å². The molecule has 0 spiro atoms. The van der Waals surface area contributed by atoms with Crippen molar-refractivity contribution in [2.24, 2.45) is 0 Å². The number of rotatable bonds is 2. The lowest BCUT2D eigenvalue weighted by atomic mass is 10.5. The van der Waals surface area contributed by atoms with E-state index in [-0.39, 0.29) is 14.5 Å². The minimum absolute atomic E-state index is 0.00185. The van der Waals surface area contributed by atoms with Crippen molar-refractivity contribution in [2.75, 3.05) is 5.01 Å². The van der Waals surface area contributed by atoms with Crippen LogP contribution in [0.2, 0.25) is 0 Å². The lowest BCUT2D eigenvalue weighted by molar-refractivity contribution is 0.0846. The second-order valence-corrected chi connectivity index (χ2v) is 6.35. The summed E-state index contributed by atoms with van der Waals surface area (Å²) in [5.41, 5.74) is 0. The number of aromatic amines is 1. The van der Waals surface area contributed by atoms with Crippen molar-refractivity contribution >= 4 is 80.7 Å². The van der Waals surface area contributed by atoms with Crippen molar-refractivity contribution in [3.8, 4) is 0 Å². The van der Waals surface area contributed by atoms with E-state index in [1.807, 2.05) is 0 Å². The monoisotopic (exact) mass is 361 g/mol. The van der Waals surface area contributed by atoms with Gasteiger partial charge in [-0.1, -0.05) is 24.4 Å². The molecule has 0 radical (unpaired) electrons. The molecule has 0 atom stereocenters. The molecule has 0 saturated carbocycles. The average molecular weight is 362 g/mol. The summed E-state index contributed by atoms with van der Waals surface area (Å²) in [6.07, 6.45) is 4.57. The SMILES string of the molecule is O=C(c1ncc[nH]1)N(C(=S)S)N(C(=S)S)c1nccs1. The quantitative estimate of drug-likeness (QED) is 0.433. The molecule has 0 bridgehead atoms. The highest BCUT2D eigenvalue weighted by atomic mass is 32.1. The number of aromatic nitrogens is 3. The smallest absolute Gasteiger partial charge is 0.314 e. The molecular formula is C9H7N5OS5. The Morgan fingerprint density at radius 1 is 1.25 bits per heavy atom. The van der Waals surface area contributed by atoms with E-state index in [1.54, 1.807) is 11.6 Å². The summed E-state index contributed by atoms with van der Waals surface area (Å²) in [6, 6.07) is 0. The van der Waals surface area contributed by atoms with E-state index in [2.05, 4.69) is 40.2 Å². The van der Waals surface area contributed by atoms with Gasteiger partial charge in [0.2, 0.25) is 5.13 Å². The number of carbonyl (C=O) groups is 1. The predicted molar refractivity (Wildman–Crippen MR) is 92.5 cm³/mol. The number of nitrogens with zero attached hydrogens (tertiary/aromatic N) is 4. The zero-order chi connectivity index (χ0) is 14.7. The molecule has 2 rings (SSSR count). The van der Waals surface area contributed by atoms with E-state index < -0.39 is 5.91 Å². The fourth-order valence-electron chi connectivity index (χ4n) is 1.32. The van der Waals surface area contributed by atoms with Crippen LogP contribution in [0.5, 0.6) is 0 Å². The number of amides is 1. The second kappa shape index (κ2) is 6.63. The fourth-order valence-corrected chi connectivity index (χ4v) is 2.78. The minimum atomic E-state index is -0.512. The average Bonchev–Trinajstić information content (AvgIpc) is 3.06. The molecule has 0 saturated heterocycles. The Kier molecular flexibility index (Phi) is 5.10. The van der Waals surface area contributed by atoms with E-state index in [4.69, 9.17) is 24.4 Å². The molecule has 6 nitrogen and oxygen atoms in total. The zero-order valence-electron chi connectivity index (χ0n) is 9.63. The van der Waals surface area contributed by atoms with E-state index >= 15 is 0 Å². The number of hydrazine groups is 1. The maximum Gasteiger partial charge on any atom is 0.314 e. The van der Waals surface area contributed by atoms with Gasteiger partial charge >= 0.3 is 5.91 Å². The van der Waals surface area contributed by atoms with Gasteiger partial charge in [-0.25, -0.2) is 15.0 Å². The van der Waals surface area contributed by atoms with E-state index in [9.17, 15) is 4.79 Å². The van der Waals surface area contributed by atoms with E-state index in [0.717, 1.165) is 5.01 Å². The summed E-state index contributed by atoms with van der Waals surface area (Å²) in [4.78, 5) is 23.1. The van der Waals surface area contributed by atoms with Crippen LogP contribution in [0, 0.1) is 0 Å². The molecule has 2 aromatic heterocycles. The van der Waals surface area contributed by atoms with Gasteiger partial charge in [-0.05, 0) is 0 Å². The van der Waals surface area contributed by atoms with Crippen molar-refractivity contribution in [1.82, 2.24) is 20.0 Å². The summed E-state index contributed by atoms with van der Waals surface area (Å²) >= 11 is 19.5. The zero-order valence-corrected chi connectivity index (χ0v) is 13.9. The van der Waals surface area contributed by atoms with Crippen molar-refractivity contribution in [1.29, 1.82) is 0 Å². The number of anilines is 1. The van der Waals surface area contributed by atoms with Crippen LogP contribution in [0.4, 0.5) is 5.13 Å². The van der Waals surface area contributed by atoms with Gasteiger partial charge < -0.3 is 4.98 Å². The Labute approximate surface area is 140 Å². The lowest BCUT2D eigenvalue weighted by Crippen LogP contribution is -2.50. The van der Waals surface area contributed by atoms with Crippen LogP contribution in [0.25, 0.3) is 0 Å². The normalized spacial score (nSPS) is 10.1. The first-order valence-electron chi connectivity index (χ1n) is 5.01. The van der Waals surface area contributed by atoms with Gasteiger partial charge in [0.05, 0.1) is 0 Å². The van der Waals surface area contributed by atoms with Crippen LogP contribution in [-0.2, 0) is 0 Å². The van der Waals surface area contributed by atoms with E-state index in [1.165, 1.54) is 28.7 Å². The first kappa shape index (κ1) is 15.4. The fraction of sp³-hybridized carbons (Fsp3) is 0. The standard InChI is InChI=1S/C9H7N5OS5/c15-6(5-10-1-2-11-5)13(8(16)17)14(9(18)19)7-12-3-4-20-7/h1-4H,(H,10,11)(H,16,17)(H,18,19). The number of imidazole rings is 1. The number of H-pyrrole nitrogens is 1. The van der Waals surface area contributed by atoms with Gasteiger partial charge in [-0.2, -0.15) is 5.01 Å². The van der Waals surface area contributed by atoms with Gasteiger partial charge in [0.25, 0.3) is 0 Å². The number of thiol groups is 2. The van der Waals surface area contributed by atoms with Gasteiger partial charge in [-0.15, -0.1) is 36.6 Å². The number of thiazole rings is 1. The predicted octanol–water partition coefficient (Wildman–Crippen LogP) is 2.16. The van der Waals surface area contributed by atoms with Crippen LogP contribution in [0.1, 0.15) is 10.6 Å². The third kappa shape index (κ3) is 3.17. The first-order valence-corrected chi connectivity index (χ1v) is 7.60. The maximum absolute atomic E-state index is 12.4. The Morgan fingerprint density at radius 3 is 2.45 bits per heavy atom. The largest absolute Gasteiger partial charge is 0.340 e. The molecular weight excluding hydrogens is 354 g/mol. The molecule has 0 unspecified atom stereocenters. The van der Waals surface area contributed by atoms with Gasteiger partial charge in [-0.3, -0.25) is 4.79 Å². The molecule has 0 aromatic carbocycles. The van der Waals surface area contributed by atoms with Crippen LogP contribution in [0.3, 0.4) is 0 Å². The number of hydrogen-bond donors (Lipinski definition) is 3. The number of hydrogen-bond acceptors (Lipinski definition) is 6. The number of thiocarbonyl (C=S) groups is 2. The maximum atomic E-state index is 12.4. The van der Waals surface area contributed by atoms with Crippen molar-refractivity contribution in [3.63, 3.8) is 0 Å². The summed E-state index contributed by atoms with van der Waals surface area (Å²) in [6.45, 7) is 0. The van der Waals surface area contributed by atoms with Crippen LogP contribution in [0.15, 0.2) is 24.0 Å². The molecule has 2 aromatic rings. The first-order chi connectivity index (χ1) is 9.52. The van der Waals surface area contributed by atoms with Crippen molar-refractivity contribution in [3.05, 3.63) is 29.8 Å². The third-order valence-electron chi connectivity index (χ3n) is 2.06. The number of carbonyl (C=O) groups excluding carboxylic acids is 1. The Hall–Kier alpha value is -1.01. The highest BCUT2D eigenvalue weighted by Gasteiger charge is 2.30. The Morgan fingerprint density at radius 2 is 2.00 bits per heavy atom. The highest BCUT2D eigenvalue weighted by molar-refractivity contribution is 8.12. The molecule has 104 valence electrons. The van der Waals surface area contributed by atoms with Crippen molar-refractivity contribution < 1.29 is 4.79 Å². The molecule has 0 fully saturated rings. The number of nitrogens with one attached hydrogen (secondary N) is 1. The third-order valence-corrected chi connectivity index (χ3v) is 3.53. The summed E-state index contributed by atoms with van der Waals surface area (Å²) < 4.78 is 0.106. The molecule has 1 amide bonds. The topological polar surface area (TPSA) is 65.1 Å². The minimum Gasteiger partial charge on any atom is -0.340 e.